The van der Waals surface area contributed by atoms with Gasteiger partial charge in [-0.25, -0.2) is 4.79 Å². The molecule has 1 N–H and O–H groups in total. The maximum absolute atomic E-state index is 13.4. The predicted octanol–water partition coefficient (Wildman–Crippen LogP) is 3.45. The van der Waals surface area contributed by atoms with E-state index in [9.17, 15) is 22.5 Å². The normalized spacial score (nSPS) is 22.1. The largest absolute Gasteiger partial charge is 0.595 e. The standard InChI is InChI=1S/C20H27F3N2O4S/c1-18(2,3)30(27)25(29-17(26)20(21,22)23)16-15-11-14(28-4)6-5-13(15)12-19(16)7-9-24-10-8-19/h5-6,11,16,24H,7-10,12H2,1-4H3/t16-,30?/m1/s1. The highest BCUT2D eigenvalue weighted by atomic mass is 32.2. The van der Waals surface area contributed by atoms with E-state index in [0.29, 0.717) is 43.7 Å². The molecule has 168 valence electrons. The number of ether oxygens (including phenoxy) is 1. The third kappa shape index (κ3) is 4.42. The Bertz CT molecular complexity index is 791. The van der Waals surface area contributed by atoms with Crippen LogP contribution in [0.1, 0.15) is 50.8 Å². The molecule has 10 heteroatoms. The van der Waals surface area contributed by atoms with E-state index in [4.69, 9.17) is 9.57 Å². The summed E-state index contributed by atoms with van der Waals surface area (Å²) in [6.07, 6.45) is -3.30. The molecule has 1 aromatic carbocycles. The molecule has 2 atom stereocenters. The summed E-state index contributed by atoms with van der Waals surface area (Å²) in [5.74, 6) is -1.84. The van der Waals surface area contributed by atoms with E-state index in [1.807, 2.05) is 6.07 Å². The van der Waals surface area contributed by atoms with Crippen LogP contribution in [0.4, 0.5) is 13.2 Å². The first kappa shape index (κ1) is 23.2. The Morgan fingerprint density at radius 2 is 1.90 bits per heavy atom. The van der Waals surface area contributed by atoms with Crippen LogP contribution in [0.3, 0.4) is 0 Å². The Hall–Kier alpha value is -1.49. The summed E-state index contributed by atoms with van der Waals surface area (Å²) in [5, 5.41) is 3.26. The molecule has 1 aliphatic heterocycles. The summed E-state index contributed by atoms with van der Waals surface area (Å²) >= 11 is -2.03. The molecule has 0 saturated carbocycles. The number of fused-ring (bicyclic) bond motifs is 1. The lowest BCUT2D eigenvalue weighted by atomic mass is 9.73. The number of carbonyl (C=O) groups excluding carboxylic acids is 1. The van der Waals surface area contributed by atoms with Crippen molar-refractivity contribution in [3.05, 3.63) is 29.3 Å². The quantitative estimate of drug-likeness (QED) is 0.562. The molecule has 1 aliphatic carbocycles. The summed E-state index contributed by atoms with van der Waals surface area (Å²) < 4.78 is 57.7. The number of rotatable bonds is 4. The third-order valence-corrected chi connectivity index (χ3v) is 7.33. The minimum absolute atomic E-state index is 0.507. The zero-order valence-electron chi connectivity index (χ0n) is 17.5. The van der Waals surface area contributed by atoms with Crippen LogP contribution in [-0.2, 0) is 27.4 Å². The SMILES string of the molecule is COc1ccc2c(c1)[C@@H](N(OC(=O)C(F)(F)F)[S+]([O-])C(C)(C)C)C1(CCNCC1)C2. The van der Waals surface area contributed by atoms with Crippen molar-refractivity contribution in [3.63, 3.8) is 0 Å². The third-order valence-electron chi connectivity index (χ3n) is 5.67. The van der Waals surface area contributed by atoms with Crippen molar-refractivity contribution < 1.29 is 32.1 Å². The lowest BCUT2D eigenvalue weighted by Gasteiger charge is -2.44. The minimum atomic E-state index is -5.20. The summed E-state index contributed by atoms with van der Waals surface area (Å²) in [4.78, 5) is 16.7. The predicted molar refractivity (Wildman–Crippen MR) is 106 cm³/mol. The van der Waals surface area contributed by atoms with Gasteiger partial charge in [0, 0.05) is 5.41 Å². The molecule has 1 spiro atoms. The summed E-state index contributed by atoms with van der Waals surface area (Å²) in [6, 6.07) is 4.63. The van der Waals surface area contributed by atoms with Gasteiger partial charge in [-0.15, -0.1) is 0 Å². The number of carbonyl (C=O) groups is 1. The van der Waals surface area contributed by atoms with Gasteiger partial charge in [-0.05, 0) is 76.4 Å². The van der Waals surface area contributed by atoms with Crippen molar-refractivity contribution in [3.8, 4) is 5.75 Å². The van der Waals surface area contributed by atoms with E-state index in [0.717, 1.165) is 10.0 Å². The van der Waals surface area contributed by atoms with Crippen molar-refractivity contribution in [2.24, 2.45) is 5.41 Å². The lowest BCUT2D eigenvalue weighted by molar-refractivity contribution is -0.232. The number of alkyl halides is 3. The summed E-state index contributed by atoms with van der Waals surface area (Å²) in [6.45, 7) is 6.24. The average Bonchev–Trinajstić information content (AvgIpc) is 2.96. The lowest BCUT2D eigenvalue weighted by Crippen LogP contribution is -2.52. The van der Waals surface area contributed by atoms with Crippen molar-refractivity contribution in [2.75, 3.05) is 20.2 Å². The fourth-order valence-corrected chi connectivity index (χ4v) is 5.42. The van der Waals surface area contributed by atoms with Gasteiger partial charge in [0.2, 0.25) is 0 Å². The molecule has 0 amide bonds. The molecular formula is C20H27F3N2O4S. The summed E-state index contributed by atoms with van der Waals surface area (Å²) in [5.41, 5.74) is 1.11. The molecule has 1 aromatic rings. The zero-order chi connectivity index (χ0) is 22.3. The number of hydroxylamine groups is 1. The monoisotopic (exact) mass is 448 g/mol. The van der Waals surface area contributed by atoms with E-state index < -0.39 is 39.7 Å². The smallest absolute Gasteiger partial charge is 0.492 e. The number of hydrogen-bond donors (Lipinski definition) is 1. The number of halogens is 3. The maximum Gasteiger partial charge on any atom is 0.492 e. The van der Waals surface area contributed by atoms with Gasteiger partial charge in [0.05, 0.1) is 22.9 Å². The van der Waals surface area contributed by atoms with Crippen LogP contribution < -0.4 is 10.1 Å². The Labute approximate surface area is 177 Å². The van der Waals surface area contributed by atoms with Gasteiger partial charge in [0.1, 0.15) is 16.5 Å². The fraction of sp³-hybridized carbons (Fsp3) is 0.650. The second-order valence-corrected chi connectivity index (χ2v) is 10.9. The number of piperidine rings is 1. The first-order chi connectivity index (χ1) is 13.9. The number of nitrogens with zero attached hydrogens (tertiary/aromatic N) is 1. The highest BCUT2D eigenvalue weighted by Gasteiger charge is 2.57. The van der Waals surface area contributed by atoms with Crippen LogP contribution in [0.5, 0.6) is 5.75 Å². The van der Waals surface area contributed by atoms with Crippen molar-refractivity contribution in [2.45, 2.75) is 57.0 Å². The van der Waals surface area contributed by atoms with Crippen LogP contribution in [0.25, 0.3) is 0 Å². The fourth-order valence-electron chi connectivity index (χ4n) is 4.22. The molecule has 0 bridgehead atoms. The molecule has 1 heterocycles. The summed E-state index contributed by atoms with van der Waals surface area (Å²) in [7, 11) is 1.50. The Balaban J connectivity index is 2.13. The van der Waals surface area contributed by atoms with E-state index in [1.165, 1.54) is 7.11 Å². The first-order valence-electron chi connectivity index (χ1n) is 9.77. The molecule has 3 rings (SSSR count). The van der Waals surface area contributed by atoms with Gasteiger partial charge in [0.15, 0.2) is 0 Å². The van der Waals surface area contributed by atoms with Crippen LogP contribution in [-0.4, -0.2) is 46.1 Å². The van der Waals surface area contributed by atoms with Crippen LogP contribution in [0, 0.1) is 5.41 Å². The number of benzene rings is 1. The molecule has 1 saturated heterocycles. The minimum Gasteiger partial charge on any atom is -0.595 e. The zero-order valence-corrected chi connectivity index (χ0v) is 18.3. The molecule has 30 heavy (non-hydrogen) atoms. The Morgan fingerprint density at radius 3 is 2.43 bits per heavy atom. The second kappa shape index (κ2) is 8.22. The van der Waals surface area contributed by atoms with E-state index in [-0.39, 0.29) is 0 Å². The van der Waals surface area contributed by atoms with Crippen LogP contribution in [0.15, 0.2) is 18.2 Å². The molecule has 0 radical (unpaired) electrons. The van der Waals surface area contributed by atoms with Gasteiger partial charge in [-0.2, -0.15) is 13.2 Å². The molecule has 1 unspecified atom stereocenters. The number of methoxy groups -OCH3 is 1. The molecule has 6 nitrogen and oxygen atoms in total. The average molecular weight is 449 g/mol. The van der Waals surface area contributed by atoms with E-state index in [1.54, 1.807) is 32.9 Å². The second-order valence-electron chi connectivity index (χ2n) is 8.78. The topological polar surface area (TPSA) is 73.9 Å². The molecule has 0 aromatic heterocycles. The first-order valence-corrected chi connectivity index (χ1v) is 10.9. The van der Waals surface area contributed by atoms with Crippen LogP contribution in [0.2, 0.25) is 0 Å². The molecule has 2 aliphatic rings. The van der Waals surface area contributed by atoms with Crippen LogP contribution >= 0.6 is 0 Å². The van der Waals surface area contributed by atoms with Crippen molar-refractivity contribution in [1.82, 2.24) is 9.79 Å². The van der Waals surface area contributed by atoms with E-state index in [2.05, 4.69) is 5.32 Å². The number of nitrogens with one attached hydrogen (secondary N) is 1. The molecular weight excluding hydrogens is 421 g/mol. The van der Waals surface area contributed by atoms with Gasteiger partial charge >= 0.3 is 12.1 Å². The highest BCUT2D eigenvalue weighted by Crippen LogP contribution is 2.56. The van der Waals surface area contributed by atoms with Gasteiger partial charge in [-0.1, -0.05) is 6.07 Å². The Morgan fingerprint density at radius 1 is 1.27 bits per heavy atom. The number of hydrogen-bond acceptors (Lipinski definition) is 6. The Kier molecular flexibility index (Phi) is 6.35. The van der Waals surface area contributed by atoms with Crippen molar-refractivity contribution >= 4 is 17.3 Å². The van der Waals surface area contributed by atoms with Crippen molar-refractivity contribution in [1.29, 1.82) is 0 Å². The molecule has 1 fully saturated rings. The van der Waals surface area contributed by atoms with E-state index >= 15 is 0 Å². The van der Waals surface area contributed by atoms with Gasteiger partial charge in [-0.3, -0.25) is 0 Å². The maximum atomic E-state index is 13.4. The van der Waals surface area contributed by atoms with Gasteiger partial charge in [0.25, 0.3) is 0 Å². The highest BCUT2D eigenvalue weighted by molar-refractivity contribution is 7.90. The van der Waals surface area contributed by atoms with Gasteiger partial charge < -0.3 is 19.4 Å².